The van der Waals surface area contributed by atoms with E-state index in [9.17, 15) is 14.7 Å². The van der Waals surface area contributed by atoms with Gasteiger partial charge in [-0.25, -0.2) is 13.9 Å². The van der Waals surface area contributed by atoms with Gasteiger partial charge in [0.05, 0.1) is 29.1 Å². The summed E-state index contributed by atoms with van der Waals surface area (Å²) in [5.41, 5.74) is 6.13. The van der Waals surface area contributed by atoms with E-state index in [1.807, 2.05) is 54.6 Å². The molecule has 2 unspecified atom stereocenters. The second-order valence-electron chi connectivity index (χ2n) is 10.4. The van der Waals surface area contributed by atoms with Gasteiger partial charge in [-0.1, -0.05) is 53.7 Å². The molecule has 1 aliphatic heterocycles. The Morgan fingerprint density at radius 3 is 2.38 bits per heavy atom. The number of carbonyl (C=O) groups is 2. The summed E-state index contributed by atoms with van der Waals surface area (Å²) in [5, 5.41) is 20.3. The van der Waals surface area contributed by atoms with E-state index in [1.54, 1.807) is 42.2 Å². The number of carboxylic acids is 1. The van der Waals surface area contributed by atoms with E-state index in [-0.39, 0.29) is 17.4 Å². The van der Waals surface area contributed by atoms with Crippen molar-refractivity contribution in [3.8, 4) is 27.9 Å². The van der Waals surface area contributed by atoms with Crippen LogP contribution in [0.15, 0.2) is 91.3 Å². The van der Waals surface area contributed by atoms with Crippen LogP contribution >= 0.6 is 0 Å². The standard InChI is InChI=1S/C32H23FN4O3/c1-18-2-3-22(14-24(18)30(38)39)27-17-32(27)26-15-25(28(33)16-29(26)35-31(32)40)21-6-4-19(5-7-21)20-8-10-23(11-9-20)37-13-12-34-36-37/h2-16,27H,17H2,1H3,(H,35,40)(H,38,39). The molecule has 2 heterocycles. The van der Waals surface area contributed by atoms with E-state index in [4.69, 9.17) is 0 Å². The highest BCUT2D eigenvalue weighted by molar-refractivity contribution is 6.10. The van der Waals surface area contributed by atoms with E-state index in [0.717, 1.165) is 27.9 Å². The molecule has 0 saturated heterocycles. The Labute approximate surface area is 228 Å². The topological polar surface area (TPSA) is 97.1 Å². The maximum absolute atomic E-state index is 15.3. The van der Waals surface area contributed by atoms with Gasteiger partial charge in [-0.2, -0.15) is 0 Å². The lowest BCUT2D eigenvalue weighted by Crippen LogP contribution is -2.21. The smallest absolute Gasteiger partial charge is 0.335 e. The first-order valence-electron chi connectivity index (χ1n) is 12.9. The van der Waals surface area contributed by atoms with Crippen molar-refractivity contribution >= 4 is 17.6 Å². The number of hydrogen-bond acceptors (Lipinski definition) is 4. The van der Waals surface area contributed by atoms with E-state index in [1.165, 1.54) is 6.07 Å². The molecular formula is C32H23FN4O3. The second-order valence-corrected chi connectivity index (χ2v) is 10.4. The number of hydrogen-bond donors (Lipinski definition) is 2. The molecule has 7 nitrogen and oxygen atoms in total. The minimum atomic E-state index is -0.996. The number of anilines is 1. The molecule has 1 aliphatic carbocycles. The summed E-state index contributed by atoms with van der Waals surface area (Å²) in [5.74, 6) is -1.76. The molecule has 2 aliphatic rings. The van der Waals surface area contributed by atoms with Crippen molar-refractivity contribution in [2.75, 3.05) is 5.32 Å². The van der Waals surface area contributed by atoms with Gasteiger partial charge in [-0.15, -0.1) is 5.10 Å². The molecule has 1 aromatic heterocycles. The maximum atomic E-state index is 15.3. The molecule has 5 aromatic rings. The quantitative estimate of drug-likeness (QED) is 0.285. The fourth-order valence-electron chi connectivity index (χ4n) is 5.92. The number of aromatic nitrogens is 3. The second kappa shape index (κ2) is 8.71. The highest BCUT2D eigenvalue weighted by Crippen LogP contribution is 2.65. The number of fused-ring (bicyclic) bond motifs is 2. The van der Waals surface area contributed by atoms with Crippen LogP contribution in [0.25, 0.3) is 27.9 Å². The Hall–Kier alpha value is -5.11. The Morgan fingerprint density at radius 1 is 1.00 bits per heavy atom. The van der Waals surface area contributed by atoms with E-state index >= 15 is 4.39 Å². The summed E-state index contributed by atoms with van der Waals surface area (Å²) in [4.78, 5) is 24.9. The van der Waals surface area contributed by atoms with Crippen LogP contribution in [0.2, 0.25) is 0 Å². The molecular weight excluding hydrogens is 507 g/mol. The Kier molecular flexibility index (Phi) is 5.22. The number of rotatable bonds is 5. The summed E-state index contributed by atoms with van der Waals surface area (Å²) in [7, 11) is 0. The summed E-state index contributed by atoms with van der Waals surface area (Å²) >= 11 is 0. The van der Waals surface area contributed by atoms with Gasteiger partial charge in [0.1, 0.15) is 5.82 Å². The summed E-state index contributed by atoms with van der Waals surface area (Å²) in [6.45, 7) is 1.75. The average Bonchev–Trinajstić information content (AvgIpc) is 3.34. The number of benzene rings is 4. The number of carbonyl (C=O) groups excluding carboxylic acids is 1. The molecule has 8 heteroatoms. The highest BCUT2D eigenvalue weighted by Gasteiger charge is 2.65. The third kappa shape index (κ3) is 3.64. The molecule has 2 N–H and O–H groups in total. The normalized spacial score (nSPS) is 18.9. The first-order valence-corrected chi connectivity index (χ1v) is 12.9. The van der Waals surface area contributed by atoms with E-state index in [2.05, 4.69) is 15.6 Å². The van der Waals surface area contributed by atoms with Crippen LogP contribution in [0.5, 0.6) is 0 Å². The molecule has 40 heavy (non-hydrogen) atoms. The maximum Gasteiger partial charge on any atom is 0.335 e. The number of aryl methyl sites for hydroxylation is 1. The Balaban J connectivity index is 1.20. The van der Waals surface area contributed by atoms with Gasteiger partial charge >= 0.3 is 5.97 Å². The van der Waals surface area contributed by atoms with Crippen LogP contribution in [0.1, 0.15) is 39.4 Å². The zero-order chi connectivity index (χ0) is 27.6. The van der Waals surface area contributed by atoms with Gasteiger partial charge in [0.2, 0.25) is 5.91 Å². The molecule has 196 valence electrons. The van der Waals surface area contributed by atoms with Crippen molar-refractivity contribution in [2.45, 2.75) is 24.7 Å². The fraction of sp³-hybridized carbons (Fsp3) is 0.125. The molecule has 7 rings (SSSR count). The van der Waals surface area contributed by atoms with Crippen LogP contribution in [-0.4, -0.2) is 32.0 Å². The summed E-state index contributed by atoms with van der Waals surface area (Å²) in [6, 6.07) is 24.1. The molecule has 1 spiro atoms. The third-order valence-electron chi connectivity index (χ3n) is 8.18. The van der Waals surface area contributed by atoms with Crippen molar-refractivity contribution in [2.24, 2.45) is 0 Å². The Morgan fingerprint density at radius 2 is 1.70 bits per heavy atom. The molecule has 4 aromatic carbocycles. The van der Waals surface area contributed by atoms with Crippen molar-refractivity contribution in [1.82, 2.24) is 15.0 Å². The number of amides is 1. The molecule has 0 radical (unpaired) electrons. The minimum Gasteiger partial charge on any atom is -0.478 e. The first-order chi connectivity index (χ1) is 19.3. The molecule has 1 amide bonds. The average molecular weight is 531 g/mol. The zero-order valence-electron chi connectivity index (χ0n) is 21.4. The molecule has 1 saturated carbocycles. The van der Waals surface area contributed by atoms with Crippen LogP contribution in [0.4, 0.5) is 10.1 Å². The number of aromatic carboxylic acids is 1. The fourth-order valence-corrected chi connectivity index (χ4v) is 5.92. The van der Waals surface area contributed by atoms with Gasteiger partial charge < -0.3 is 10.4 Å². The van der Waals surface area contributed by atoms with Crippen LogP contribution < -0.4 is 5.32 Å². The van der Waals surface area contributed by atoms with Crippen LogP contribution in [0, 0.1) is 12.7 Å². The SMILES string of the molecule is Cc1ccc(C2CC23C(=O)Nc2cc(F)c(-c4ccc(-c5ccc(-n6ccnn6)cc5)cc4)cc23)cc1C(=O)O. The van der Waals surface area contributed by atoms with E-state index in [0.29, 0.717) is 28.8 Å². The van der Waals surface area contributed by atoms with E-state index < -0.39 is 17.2 Å². The van der Waals surface area contributed by atoms with Crippen molar-refractivity contribution in [3.05, 3.63) is 119 Å². The van der Waals surface area contributed by atoms with Crippen molar-refractivity contribution in [1.29, 1.82) is 0 Å². The minimum absolute atomic E-state index is 0.173. The van der Waals surface area contributed by atoms with Crippen molar-refractivity contribution < 1.29 is 19.1 Å². The number of carboxylic acid groups (broad SMARTS) is 1. The monoisotopic (exact) mass is 530 g/mol. The zero-order valence-corrected chi connectivity index (χ0v) is 21.4. The number of nitrogens with one attached hydrogen (secondary N) is 1. The van der Waals surface area contributed by atoms with Gasteiger partial charge in [-0.05, 0) is 77.1 Å². The van der Waals surface area contributed by atoms with Gasteiger partial charge in [0.25, 0.3) is 0 Å². The predicted molar refractivity (Wildman–Crippen MR) is 148 cm³/mol. The van der Waals surface area contributed by atoms with Gasteiger partial charge in [-0.3, -0.25) is 4.79 Å². The summed E-state index contributed by atoms with van der Waals surface area (Å²) in [6.07, 6.45) is 3.95. The largest absolute Gasteiger partial charge is 0.478 e. The number of nitrogens with zero attached hydrogens (tertiary/aromatic N) is 3. The lowest BCUT2D eigenvalue weighted by Gasteiger charge is -2.13. The summed E-state index contributed by atoms with van der Waals surface area (Å²) < 4.78 is 17.0. The molecule has 1 fully saturated rings. The molecule has 2 atom stereocenters. The van der Waals surface area contributed by atoms with Gasteiger partial charge in [0, 0.05) is 17.2 Å². The van der Waals surface area contributed by atoms with Crippen molar-refractivity contribution in [3.63, 3.8) is 0 Å². The van der Waals surface area contributed by atoms with Gasteiger partial charge in [0.15, 0.2) is 0 Å². The Bertz CT molecular complexity index is 1810. The lowest BCUT2D eigenvalue weighted by molar-refractivity contribution is -0.118. The number of halogens is 1. The predicted octanol–water partition coefficient (Wildman–Crippen LogP) is 6.12. The first kappa shape index (κ1) is 24.0. The van der Waals surface area contributed by atoms with Crippen LogP contribution in [-0.2, 0) is 10.2 Å². The highest BCUT2D eigenvalue weighted by atomic mass is 19.1. The lowest BCUT2D eigenvalue weighted by atomic mass is 9.88. The van der Waals surface area contributed by atoms with Crippen LogP contribution in [0.3, 0.4) is 0 Å². The third-order valence-corrected chi connectivity index (χ3v) is 8.18. The molecule has 0 bridgehead atoms.